The van der Waals surface area contributed by atoms with E-state index in [1.807, 2.05) is 48.9 Å². The van der Waals surface area contributed by atoms with Crippen molar-refractivity contribution in [2.75, 3.05) is 19.6 Å². The molecule has 0 bridgehead atoms. The lowest BCUT2D eigenvalue weighted by molar-refractivity contribution is -0.126. The van der Waals surface area contributed by atoms with Gasteiger partial charge in [0.25, 0.3) is 5.91 Å². The lowest BCUT2D eigenvalue weighted by Crippen LogP contribution is -2.59. The average Bonchev–Trinajstić information content (AvgIpc) is 3.43. The highest BCUT2D eigenvalue weighted by molar-refractivity contribution is 5.98. The van der Waals surface area contributed by atoms with Crippen molar-refractivity contribution in [3.63, 3.8) is 0 Å². The first-order valence-electron chi connectivity index (χ1n) is 9.49. The number of hydrogen-bond donors (Lipinski definition) is 2. The van der Waals surface area contributed by atoms with Crippen LogP contribution in [-0.4, -0.2) is 58.2 Å². The zero-order valence-corrected chi connectivity index (χ0v) is 15.7. The van der Waals surface area contributed by atoms with Crippen molar-refractivity contribution in [3.8, 4) is 5.69 Å². The first-order chi connectivity index (χ1) is 13.0. The van der Waals surface area contributed by atoms with Crippen LogP contribution in [0, 0.1) is 13.8 Å². The van der Waals surface area contributed by atoms with Crippen molar-refractivity contribution in [1.29, 1.82) is 0 Å². The van der Waals surface area contributed by atoms with E-state index in [-0.39, 0.29) is 17.9 Å². The predicted octanol–water partition coefficient (Wildman–Crippen LogP) is 1.18. The largest absolute Gasteiger partial charge is 0.352 e. The first kappa shape index (κ1) is 17.7. The molecule has 1 aliphatic heterocycles. The Hall–Kier alpha value is -2.67. The van der Waals surface area contributed by atoms with Crippen LogP contribution < -0.4 is 10.6 Å². The van der Waals surface area contributed by atoms with Gasteiger partial charge in [-0.2, -0.15) is 5.10 Å². The third-order valence-corrected chi connectivity index (χ3v) is 5.10. The van der Waals surface area contributed by atoms with Crippen molar-refractivity contribution in [3.05, 3.63) is 47.3 Å². The summed E-state index contributed by atoms with van der Waals surface area (Å²) in [6.45, 7) is 5.68. The molecule has 27 heavy (non-hydrogen) atoms. The number of amides is 2. The molecule has 0 unspecified atom stereocenters. The third kappa shape index (κ3) is 3.73. The summed E-state index contributed by atoms with van der Waals surface area (Å²) in [6, 6.07) is 9.27. The standard InChI is InChI=1S/C20H25N5O2/c1-13-11-14(2)25(23-13)17-7-3-15(4-8-17)20(27)24-10-9-21-12-18(24)19(26)22-16-5-6-16/h3-4,7-8,11,16,18,21H,5-6,9-10,12H2,1-2H3,(H,22,26)/t18-/m1/s1. The molecule has 2 aromatic rings. The second kappa shape index (κ2) is 7.15. The summed E-state index contributed by atoms with van der Waals surface area (Å²) in [5.74, 6) is -0.162. The highest BCUT2D eigenvalue weighted by Crippen LogP contribution is 2.20. The van der Waals surface area contributed by atoms with Gasteiger partial charge >= 0.3 is 0 Å². The number of rotatable bonds is 4. The van der Waals surface area contributed by atoms with Crippen molar-refractivity contribution in [2.24, 2.45) is 0 Å². The maximum atomic E-state index is 13.0. The molecule has 1 aromatic carbocycles. The van der Waals surface area contributed by atoms with Crippen LogP contribution in [0.3, 0.4) is 0 Å². The number of aryl methyl sites for hydroxylation is 2. The van der Waals surface area contributed by atoms with Gasteiger partial charge in [0.2, 0.25) is 5.91 Å². The van der Waals surface area contributed by atoms with E-state index in [9.17, 15) is 9.59 Å². The Labute approximate surface area is 158 Å². The second-order valence-corrected chi connectivity index (χ2v) is 7.39. The zero-order valence-electron chi connectivity index (χ0n) is 15.7. The van der Waals surface area contributed by atoms with Crippen LogP contribution in [0.5, 0.6) is 0 Å². The van der Waals surface area contributed by atoms with E-state index in [1.165, 1.54) is 0 Å². The Morgan fingerprint density at radius 1 is 1.19 bits per heavy atom. The molecule has 142 valence electrons. The molecule has 4 rings (SSSR count). The van der Waals surface area contributed by atoms with E-state index in [0.29, 0.717) is 25.2 Å². The van der Waals surface area contributed by atoms with E-state index in [4.69, 9.17) is 0 Å². The van der Waals surface area contributed by atoms with Crippen molar-refractivity contribution in [2.45, 2.75) is 38.8 Å². The Morgan fingerprint density at radius 3 is 2.56 bits per heavy atom. The lowest BCUT2D eigenvalue weighted by Gasteiger charge is -2.35. The molecule has 1 aliphatic carbocycles. The number of carbonyl (C=O) groups excluding carboxylic acids is 2. The fourth-order valence-corrected chi connectivity index (χ4v) is 3.51. The van der Waals surface area contributed by atoms with E-state index in [2.05, 4.69) is 15.7 Å². The number of hydrogen-bond acceptors (Lipinski definition) is 4. The summed E-state index contributed by atoms with van der Waals surface area (Å²) in [6.07, 6.45) is 2.07. The molecule has 7 heteroatoms. The van der Waals surface area contributed by atoms with E-state index >= 15 is 0 Å². The lowest BCUT2D eigenvalue weighted by atomic mass is 10.1. The van der Waals surface area contributed by atoms with Crippen LogP contribution in [0.25, 0.3) is 5.69 Å². The molecule has 1 saturated carbocycles. The van der Waals surface area contributed by atoms with Crippen LogP contribution in [0.4, 0.5) is 0 Å². The molecule has 0 spiro atoms. The van der Waals surface area contributed by atoms with Gasteiger partial charge in [-0.3, -0.25) is 9.59 Å². The number of nitrogens with zero attached hydrogens (tertiary/aromatic N) is 3. The number of aromatic nitrogens is 2. The quantitative estimate of drug-likeness (QED) is 0.851. The van der Waals surface area contributed by atoms with Gasteiger partial charge in [-0.15, -0.1) is 0 Å². The molecule has 2 N–H and O–H groups in total. The molecule has 2 amide bonds. The van der Waals surface area contributed by atoms with Crippen molar-refractivity contribution < 1.29 is 9.59 Å². The third-order valence-electron chi connectivity index (χ3n) is 5.10. The molecule has 1 atom stereocenters. The number of piperazine rings is 1. The summed E-state index contributed by atoms with van der Waals surface area (Å²) in [7, 11) is 0. The molecule has 0 radical (unpaired) electrons. The summed E-state index contributed by atoms with van der Waals surface area (Å²) in [4.78, 5) is 27.2. The minimum atomic E-state index is -0.456. The van der Waals surface area contributed by atoms with Crippen molar-refractivity contribution >= 4 is 11.8 Å². The van der Waals surface area contributed by atoms with Crippen LogP contribution >= 0.6 is 0 Å². The van der Waals surface area contributed by atoms with E-state index in [0.717, 1.165) is 29.9 Å². The van der Waals surface area contributed by atoms with E-state index in [1.54, 1.807) is 4.90 Å². The highest BCUT2D eigenvalue weighted by Gasteiger charge is 2.35. The molecule has 7 nitrogen and oxygen atoms in total. The number of benzene rings is 1. The van der Waals surface area contributed by atoms with Gasteiger partial charge < -0.3 is 15.5 Å². The van der Waals surface area contributed by atoms with E-state index < -0.39 is 6.04 Å². The van der Waals surface area contributed by atoms with Crippen LogP contribution in [0.1, 0.15) is 34.6 Å². The number of carbonyl (C=O) groups is 2. The average molecular weight is 367 g/mol. The van der Waals surface area contributed by atoms with Gasteiger partial charge in [0, 0.05) is 36.9 Å². The van der Waals surface area contributed by atoms with Crippen molar-refractivity contribution in [1.82, 2.24) is 25.3 Å². The molecular weight excluding hydrogens is 342 g/mol. The zero-order chi connectivity index (χ0) is 19.0. The monoisotopic (exact) mass is 367 g/mol. The maximum Gasteiger partial charge on any atom is 0.254 e. The summed E-state index contributed by atoms with van der Waals surface area (Å²) < 4.78 is 1.86. The van der Waals surface area contributed by atoms with Crippen LogP contribution in [-0.2, 0) is 4.79 Å². The fraction of sp³-hybridized carbons (Fsp3) is 0.450. The topological polar surface area (TPSA) is 79.3 Å². The molecular formula is C20H25N5O2. The van der Waals surface area contributed by atoms with Gasteiger partial charge in [0.1, 0.15) is 6.04 Å². The highest BCUT2D eigenvalue weighted by atomic mass is 16.2. The molecule has 1 aromatic heterocycles. The summed E-state index contributed by atoms with van der Waals surface area (Å²) in [5, 5.41) is 10.7. The fourth-order valence-electron chi connectivity index (χ4n) is 3.51. The molecule has 2 heterocycles. The SMILES string of the molecule is Cc1cc(C)n(-c2ccc(C(=O)N3CCNC[C@@H]3C(=O)NC3CC3)cc2)n1. The Morgan fingerprint density at radius 2 is 1.93 bits per heavy atom. The van der Waals surface area contributed by atoms with Gasteiger partial charge in [-0.05, 0) is 57.0 Å². The normalized spacial score (nSPS) is 19.8. The Kier molecular flexibility index (Phi) is 4.70. The van der Waals surface area contributed by atoms with Gasteiger partial charge in [0.15, 0.2) is 0 Å². The molecule has 2 aliphatic rings. The Bertz CT molecular complexity index is 854. The molecule has 1 saturated heterocycles. The Balaban J connectivity index is 1.52. The number of nitrogens with one attached hydrogen (secondary N) is 2. The first-order valence-corrected chi connectivity index (χ1v) is 9.49. The van der Waals surface area contributed by atoms with Gasteiger partial charge in [-0.25, -0.2) is 4.68 Å². The molecule has 2 fully saturated rings. The van der Waals surface area contributed by atoms with Gasteiger partial charge in [-0.1, -0.05) is 0 Å². The van der Waals surface area contributed by atoms with Gasteiger partial charge in [0.05, 0.1) is 11.4 Å². The smallest absolute Gasteiger partial charge is 0.254 e. The summed E-state index contributed by atoms with van der Waals surface area (Å²) >= 11 is 0. The maximum absolute atomic E-state index is 13.0. The van der Waals surface area contributed by atoms with Crippen LogP contribution in [0.15, 0.2) is 30.3 Å². The summed E-state index contributed by atoms with van der Waals surface area (Å²) in [5.41, 5.74) is 3.51. The minimum absolute atomic E-state index is 0.0580. The minimum Gasteiger partial charge on any atom is -0.352 e. The second-order valence-electron chi connectivity index (χ2n) is 7.39. The predicted molar refractivity (Wildman–Crippen MR) is 102 cm³/mol. The van der Waals surface area contributed by atoms with Crippen LogP contribution in [0.2, 0.25) is 0 Å².